The van der Waals surface area contributed by atoms with E-state index >= 15 is 0 Å². The summed E-state index contributed by atoms with van der Waals surface area (Å²) in [6.45, 7) is 4.58. The molecule has 2 heterocycles. The topological polar surface area (TPSA) is 105 Å². The van der Waals surface area contributed by atoms with Gasteiger partial charge in [0, 0.05) is 48.4 Å². The van der Waals surface area contributed by atoms with E-state index in [1.165, 1.54) is 12.1 Å². The van der Waals surface area contributed by atoms with Gasteiger partial charge in [0.05, 0.1) is 28.8 Å². The molecule has 1 fully saturated rings. The van der Waals surface area contributed by atoms with Gasteiger partial charge in [0.2, 0.25) is 5.91 Å². The fourth-order valence-electron chi connectivity index (χ4n) is 3.80. The summed E-state index contributed by atoms with van der Waals surface area (Å²) < 4.78 is 6.15. The molecule has 0 saturated carbocycles. The first-order chi connectivity index (χ1) is 16.4. The molecule has 0 spiro atoms. The van der Waals surface area contributed by atoms with Crippen molar-refractivity contribution in [1.82, 2.24) is 9.80 Å². The van der Waals surface area contributed by atoms with E-state index in [9.17, 15) is 19.7 Å². The van der Waals surface area contributed by atoms with Gasteiger partial charge in [-0.25, -0.2) is 0 Å². The summed E-state index contributed by atoms with van der Waals surface area (Å²) in [5, 5.41) is 14.9. The Balaban J connectivity index is 1.36. The molecule has 1 aliphatic rings. The second-order valence-electron chi connectivity index (χ2n) is 7.73. The SMILES string of the molecule is CCOc1ccccc1NC(=O)CN1CCN(C(=O)c2sc3cc([N+](=O)[O-])ccc3c2Cl)CC1. The number of hydrogen-bond acceptors (Lipinski definition) is 7. The minimum Gasteiger partial charge on any atom is -0.492 e. The zero-order valence-electron chi connectivity index (χ0n) is 18.5. The molecule has 0 radical (unpaired) electrons. The Morgan fingerprint density at radius 3 is 2.62 bits per heavy atom. The molecule has 2 amide bonds. The molecule has 2 aromatic carbocycles. The van der Waals surface area contributed by atoms with Crippen molar-refractivity contribution in [3.05, 3.63) is 62.5 Å². The zero-order valence-corrected chi connectivity index (χ0v) is 20.0. The zero-order chi connectivity index (χ0) is 24.2. The molecular weight excluding hydrogens is 480 g/mol. The van der Waals surface area contributed by atoms with Crippen LogP contribution in [0, 0.1) is 10.1 Å². The van der Waals surface area contributed by atoms with Crippen LogP contribution in [0.1, 0.15) is 16.6 Å². The number of halogens is 1. The van der Waals surface area contributed by atoms with Gasteiger partial charge in [0.1, 0.15) is 10.6 Å². The number of thiophene rings is 1. The molecule has 11 heteroatoms. The van der Waals surface area contributed by atoms with Gasteiger partial charge in [-0.05, 0) is 25.1 Å². The number of fused-ring (bicyclic) bond motifs is 1. The third-order valence-corrected chi connectivity index (χ3v) is 7.15. The summed E-state index contributed by atoms with van der Waals surface area (Å²) >= 11 is 7.59. The van der Waals surface area contributed by atoms with Crippen LogP contribution in [0.3, 0.4) is 0 Å². The molecule has 178 valence electrons. The molecule has 1 saturated heterocycles. The Hall–Kier alpha value is -3.21. The number of piperazine rings is 1. The van der Waals surface area contributed by atoms with Gasteiger partial charge < -0.3 is 15.0 Å². The van der Waals surface area contributed by atoms with E-state index in [1.54, 1.807) is 23.1 Å². The van der Waals surface area contributed by atoms with Crippen LogP contribution in [0.15, 0.2) is 42.5 Å². The number of nitrogens with one attached hydrogen (secondary N) is 1. The summed E-state index contributed by atoms with van der Waals surface area (Å²) in [4.78, 5) is 40.2. The maximum absolute atomic E-state index is 13.1. The van der Waals surface area contributed by atoms with Gasteiger partial charge >= 0.3 is 0 Å². The molecule has 9 nitrogen and oxygen atoms in total. The van der Waals surface area contributed by atoms with Crippen LogP contribution in [-0.4, -0.2) is 65.9 Å². The second-order valence-corrected chi connectivity index (χ2v) is 9.16. The quantitative estimate of drug-likeness (QED) is 0.382. The van der Waals surface area contributed by atoms with E-state index in [0.29, 0.717) is 64.2 Å². The van der Waals surface area contributed by atoms with Crippen molar-refractivity contribution in [2.45, 2.75) is 6.92 Å². The Kier molecular flexibility index (Phi) is 7.30. The average Bonchev–Trinajstić information content (AvgIpc) is 3.16. The number of nitro groups is 1. The number of hydrogen-bond donors (Lipinski definition) is 1. The number of rotatable bonds is 7. The molecule has 3 aromatic rings. The Labute approximate surface area is 205 Å². The smallest absolute Gasteiger partial charge is 0.270 e. The minimum absolute atomic E-state index is 0.0415. The van der Waals surface area contributed by atoms with Gasteiger partial charge in [0.25, 0.3) is 11.6 Å². The predicted molar refractivity (Wildman–Crippen MR) is 132 cm³/mol. The lowest BCUT2D eigenvalue weighted by Gasteiger charge is -2.34. The number of anilines is 1. The molecule has 4 rings (SSSR count). The molecule has 1 aromatic heterocycles. The largest absolute Gasteiger partial charge is 0.492 e. The molecule has 0 atom stereocenters. The lowest BCUT2D eigenvalue weighted by Crippen LogP contribution is -2.50. The molecule has 0 bridgehead atoms. The van der Waals surface area contributed by atoms with E-state index in [0.717, 1.165) is 11.3 Å². The summed E-state index contributed by atoms with van der Waals surface area (Å²) in [6.07, 6.45) is 0. The fraction of sp³-hybridized carbons (Fsp3) is 0.304. The van der Waals surface area contributed by atoms with Crippen molar-refractivity contribution in [2.24, 2.45) is 0 Å². The maximum Gasteiger partial charge on any atom is 0.270 e. The normalized spacial score (nSPS) is 14.2. The van der Waals surface area contributed by atoms with Crippen LogP contribution < -0.4 is 10.1 Å². The van der Waals surface area contributed by atoms with Crippen LogP contribution >= 0.6 is 22.9 Å². The minimum atomic E-state index is -0.473. The highest BCUT2D eigenvalue weighted by Gasteiger charge is 2.27. The van der Waals surface area contributed by atoms with Crippen molar-refractivity contribution < 1.29 is 19.2 Å². The second kappa shape index (κ2) is 10.4. The van der Waals surface area contributed by atoms with Crippen LogP contribution in [0.2, 0.25) is 5.02 Å². The van der Waals surface area contributed by atoms with Crippen molar-refractivity contribution in [2.75, 3.05) is 44.6 Å². The molecule has 1 aliphatic heterocycles. The average molecular weight is 503 g/mol. The van der Waals surface area contributed by atoms with E-state index in [2.05, 4.69) is 5.32 Å². The van der Waals surface area contributed by atoms with Crippen LogP contribution in [0.5, 0.6) is 5.75 Å². The van der Waals surface area contributed by atoms with Crippen molar-refractivity contribution in [3.63, 3.8) is 0 Å². The predicted octanol–water partition coefficient (Wildman–Crippen LogP) is 4.26. The fourth-order valence-corrected chi connectivity index (χ4v) is 5.31. The number of ether oxygens (including phenoxy) is 1. The van der Waals surface area contributed by atoms with Gasteiger partial charge in [-0.1, -0.05) is 23.7 Å². The first-order valence-electron chi connectivity index (χ1n) is 10.8. The van der Waals surface area contributed by atoms with Gasteiger partial charge in [0.15, 0.2) is 0 Å². The van der Waals surface area contributed by atoms with E-state index in [1.807, 2.05) is 24.0 Å². The third kappa shape index (κ3) is 5.14. The Morgan fingerprint density at radius 1 is 1.18 bits per heavy atom. The highest BCUT2D eigenvalue weighted by Crippen LogP contribution is 2.38. The Morgan fingerprint density at radius 2 is 1.91 bits per heavy atom. The monoisotopic (exact) mass is 502 g/mol. The molecule has 1 N–H and O–H groups in total. The number of amides is 2. The number of non-ortho nitro benzene ring substituents is 1. The summed E-state index contributed by atoms with van der Waals surface area (Å²) in [7, 11) is 0. The lowest BCUT2D eigenvalue weighted by atomic mass is 10.2. The van der Waals surface area contributed by atoms with Crippen molar-refractivity contribution in [3.8, 4) is 5.75 Å². The van der Waals surface area contributed by atoms with Crippen LogP contribution in [0.25, 0.3) is 10.1 Å². The number of carbonyl (C=O) groups is 2. The first kappa shape index (κ1) is 23.9. The number of carbonyl (C=O) groups excluding carboxylic acids is 2. The van der Waals surface area contributed by atoms with Gasteiger partial charge in [-0.15, -0.1) is 11.3 Å². The number of para-hydroxylation sites is 2. The highest BCUT2D eigenvalue weighted by molar-refractivity contribution is 7.21. The molecular formula is C23H23ClN4O5S. The van der Waals surface area contributed by atoms with Crippen molar-refractivity contribution >= 4 is 56.2 Å². The van der Waals surface area contributed by atoms with Crippen molar-refractivity contribution in [1.29, 1.82) is 0 Å². The number of benzene rings is 2. The van der Waals surface area contributed by atoms with Gasteiger partial charge in [-0.3, -0.25) is 24.6 Å². The summed E-state index contributed by atoms with van der Waals surface area (Å²) in [5.41, 5.74) is 0.586. The Bertz CT molecular complexity index is 1240. The lowest BCUT2D eigenvalue weighted by molar-refractivity contribution is -0.384. The van der Waals surface area contributed by atoms with Crippen LogP contribution in [0.4, 0.5) is 11.4 Å². The molecule has 34 heavy (non-hydrogen) atoms. The first-order valence-corrected chi connectivity index (χ1v) is 12.0. The number of nitro benzene ring substituents is 1. The van der Waals surface area contributed by atoms with E-state index in [-0.39, 0.29) is 24.0 Å². The highest BCUT2D eigenvalue weighted by atomic mass is 35.5. The third-order valence-electron chi connectivity index (χ3n) is 5.51. The van der Waals surface area contributed by atoms with E-state index in [4.69, 9.17) is 16.3 Å². The standard InChI is InChI=1S/C23H23ClN4O5S/c1-2-33-18-6-4-3-5-17(18)25-20(29)14-26-9-11-27(12-10-26)23(30)22-21(24)16-8-7-15(28(31)32)13-19(16)34-22/h3-8,13H,2,9-12,14H2,1H3,(H,25,29). The molecule has 0 aliphatic carbocycles. The number of nitrogens with zero attached hydrogens (tertiary/aromatic N) is 3. The van der Waals surface area contributed by atoms with E-state index < -0.39 is 4.92 Å². The summed E-state index contributed by atoms with van der Waals surface area (Å²) in [6, 6.07) is 11.7. The van der Waals surface area contributed by atoms with Gasteiger partial charge in [-0.2, -0.15) is 0 Å². The van der Waals surface area contributed by atoms with Crippen LogP contribution in [-0.2, 0) is 4.79 Å². The maximum atomic E-state index is 13.1. The summed E-state index contributed by atoms with van der Waals surface area (Å²) in [5.74, 6) is 0.268. The molecule has 0 unspecified atom stereocenters.